The van der Waals surface area contributed by atoms with Gasteiger partial charge in [0.25, 0.3) is 5.91 Å². The Balaban J connectivity index is 1.88. The fourth-order valence-electron chi connectivity index (χ4n) is 2.28. The zero-order chi connectivity index (χ0) is 17.5. The van der Waals surface area contributed by atoms with Crippen molar-refractivity contribution < 1.29 is 22.7 Å². The summed E-state index contributed by atoms with van der Waals surface area (Å²) in [6, 6.07) is 7.06. The standard InChI is InChI=1S/C15H12F3N3O2S/c1-8-9-7-12(24-14(9)21(2)20-8)13(22)19-10-5-3-4-6-11(10)23-15(16,17)18/h3-7H,1-2H3,(H,19,22). The fourth-order valence-corrected chi connectivity index (χ4v) is 3.30. The highest BCUT2D eigenvalue weighted by Crippen LogP contribution is 2.32. The highest BCUT2D eigenvalue weighted by Gasteiger charge is 2.32. The van der Waals surface area contributed by atoms with E-state index in [2.05, 4.69) is 15.2 Å². The monoisotopic (exact) mass is 355 g/mol. The Morgan fingerprint density at radius 1 is 1.33 bits per heavy atom. The molecule has 1 amide bonds. The molecular weight excluding hydrogens is 343 g/mol. The van der Waals surface area contributed by atoms with Gasteiger partial charge in [-0.15, -0.1) is 24.5 Å². The van der Waals surface area contributed by atoms with E-state index >= 15 is 0 Å². The van der Waals surface area contributed by atoms with Crippen LogP contribution in [0, 0.1) is 6.92 Å². The number of para-hydroxylation sites is 2. The lowest BCUT2D eigenvalue weighted by Gasteiger charge is -2.13. The predicted molar refractivity (Wildman–Crippen MR) is 84.4 cm³/mol. The molecule has 126 valence electrons. The first kappa shape index (κ1) is 16.3. The van der Waals surface area contributed by atoms with Crippen LogP contribution in [0.5, 0.6) is 5.75 Å². The lowest BCUT2D eigenvalue weighted by atomic mass is 10.2. The summed E-state index contributed by atoms with van der Waals surface area (Å²) in [7, 11) is 1.76. The number of carbonyl (C=O) groups is 1. The molecule has 0 aliphatic rings. The summed E-state index contributed by atoms with van der Waals surface area (Å²) in [5.74, 6) is -0.967. The number of halogens is 3. The van der Waals surface area contributed by atoms with Gasteiger partial charge in [-0.1, -0.05) is 12.1 Å². The number of nitrogens with one attached hydrogen (secondary N) is 1. The molecule has 0 unspecified atom stereocenters. The molecule has 2 heterocycles. The van der Waals surface area contributed by atoms with Crippen LogP contribution in [-0.2, 0) is 7.05 Å². The number of ether oxygens (including phenoxy) is 1. The molecular formula is C15H12F3N3O2S. The SMILES string of the molecule is Cc1nn(C)c2sc(C(=O)Nc3ccccc3OC(F)(F)F)cc12. The third-order valence-corrected chi connectivity index (χ3v) is 4.48. The number of fused-ring (bicyclic) bond motifs is 1. The molecule has 0 spiro atoms. The van der Waals surface area contributed by atoms with Crippen LogP contribution < -0.4 is 10.1 Å². The zero-order valence-corrected chi connectivity index (χ0v) is 13.5. The number of hydrogen-bond donors (Lipinski definition) is 1. The largest absolute Gasteiger partial charge is 0.573 e. The summed E-state index contributed by atoms with van der Waals surface area (Å²) in [6.45, 7) is 1.82. The topological polar surface area (TPSA) is 56.2 Å². The maximum Gasteiger partial charge on any atom is 0.573 e. The maximum atomic E-state index is 12.4. The van der Waals surface area contributed by atoms with Gasteiger partial charge >= 0.3 is 6.36 Å². The quantitative estimate of drug-likeness (QED) is 0.770. The molecule has 3 aromatic rings. The van der Waals surface area contributed by atoms with Gasteiger partial charge in [0.1, 0.15) is 4.83 Å². The van der Waals surface area contributed by atoms with Crippen molar-refractivity contribution in [2.24, 2.45) is 7.05 Å². The van der Waals surface area contributed by atoms with E-state index in [1.54, 1.807) is 17.8 Å². The molecule has 3 rings (SSSR count). The first-order valence-corrected chi connectivity index (χ1v) is 7.65. The molecule has 24 heavy (non-hydrogen) atoms. The molecule has 1 N–H and O–H groups in total. The molecule has 0 saturated heterocycles. The molecule has 0 atom stereocenters. The molecule has 0 radical (unpaired) electrons. The number of rotatable bonds is 3. The summed E-state index contributed by atoms with van der Waals surface area (Å²) >= 11 is 1.22. The molecule has 2 aromatic heterocycles. The van der Waals surface area contributed by atoms with Gasteiger partial charge in [-0.25, -0.2) is 0 Å². The van der Waals surface area contributed by atoms with Crippen LogP contribution >= 0.6 is 11.3 Å². The Kier molecular flexibility index (Phi) is 3.96. The molecule has 0 aliphatic carbocycles. The Morgan fingerprint density at radius 2 is 2.04 bits per heavy atom. The summed E-state index contributed by atoms with van der Waals surface area (Å²) < 4.78 is 42.9. The van der Waals surface area contributed by atoms with Gasteiger partial charge in [-0.3, -0.25) is 9.48 Å². The Labute approximate surface area is 138 Å². The lowest BCUT2D eigenvalue weighted by molar-refractivity contribution is -0.274. The number of amides is 1. The van der Waals surface area contributed by atoms with E-state index in [9.17, 15) is 18.0 Å². The average molecular weight is 355 g/mol. The number of carbonyl (C=O) groups excluding carboxylic acids is 1. The summed E-state index contributed by atoms with van der Waals surface area (Å²) in [5.41, 5.74) is 0.732. The highest BCUT2D eigenvalue weighted by atomic mass is 32.1. The second-order valence-corrected chi connectivity index (χ2v) is 6.07. The summed E-state index contributed by atoms with van der Waals surface area (Å²) in [5, 5.41) is 7.54. The molecule has 0 fully saturated rings. The fraction of sp³-hybridized carbons (Fsp3) is 0.200. The molecule has 0 bridgehead atoms. The summed E-state index contributed by atoms with van der Waals surface area (Å²) in [4.78, 5) is 13.5. The van der Waals surface area contributed by atoms with Crippen molar-refractivity contribution in [1.29, 1.82) is 0 Å². The Hall–Kier alpha value is -2.55. The first-order chi connectivity index (χ1) is 11.2. The van der Waals surface area contributed by atoms with Crippen molar-refractivity contribution in [3.63, 3.8) is 0 Å². The Morgan fingerprint density at radius 3 is 2.71 bits per heavy atom. The van der Waals surface area contributed by atoms with E-state index in [-0.39, 0.29) is 5.69 Å². The van der Waals surface area contributed by atoms with Gasteiger partial charge in [0.2, 0.25) is 0 Å². The minimum atomic E-state index is -4.83. The van der Waals surface area contributed by atoms with Crippen LogP contribution in [0.25, 0.3) is 10.2 Å². The van der Waals surface area contributed by atoms with E-state index in [4.69, 9.17) is 0 Å². The van der Waals surface area contributed by atoms with E-state index in [0.29, 0.717) is 4.88 Å². The van der Waals surface area contributed by atoms with E-state index < -0.39 is 18.0 Å². The van der Waals surface area contributed by atoms with Crippen LogP contribution in [0.15, 0.2) is 30.3 Å². The second kappa shape index (κ2) is 5.82. The lowest BCUT2D eigenvalue weighted by Crippen LogP contribution is -2.19. The number of alkyl halides is 3. The first-order valence-electron chi connectivity index (χ1n) is 6.84. The van der Waals surface area contributed by atoms with Crippen LogP contribution in [0.2, 0.25) is 0 Å². The van der Waals surface area contributed by atoms with Gasteiger partial charge in [0.15, 0.2) is 5.75 Å². The number of hydrogen-bond acceptors (Lipinski definition) is 4. The van der Waals surface area contributed by atoms with Crippen molar-refractivity contribution in [2.75, 3.05) is 5.32 Å². The second-order valence-electron chi connectivity index (χ2n) is 5.04. The molecule has 0 aliphatic heterocycles. The predicted octanol–water partition coefficient (Wildman–Crippen LogP) is 4.09. The highest BCUT2D eigenvalue weighted by molar-refractivity contribution is 7.20. The van der Waals surface area contributed by atoms with Crippen molar-refractivity contribution >= 4 is 33.1 Å². The van der Waals surface area contributed by atoms with Crippen molar-refractivity contribution in [3.8, 4) is 5.75 Å². The van der Waals surface area contributed by atoms with Gasteiger partial charge in [0.05, 0.1) is 16.3 Å². The van der Waals surface area contributed by atoms with Crippen molar-refractivity contribution in [3.05, 3.63) is 40.9 Å². The number of benzene rings is 1. The van der Waals surface area contributed by atoms with Gasteiger partial charge in [-0.2, -0.15) is 5.10 Å². The van der Waals surface area contributed by atoms with Gasteiger partial charge in [-0.05, 0) is 25.1 Å². The minimum absolute atomic E-state index is 0.0490. The van der Waals surface area contributed by atoms with Gasteiger partial charge < -0.3 is 10.1 Å². The maximum absolute atomic E-state index is 12.4. The summed E-state index contributed by atoms with van der Waals surface area (Å²) in [6.07, 6.45) is -4.83. The number of anilines is 1. The molecule has 0 saturated carbocycles. The molecule has 9 heteroatoms. The van der Waals surface area contributed by atoms with E-state index in [1.807, 2.05) is 6.92 Å². The van der Waals surface area contributed by atoms with E-state index in [0.717, 1.165) is 22.0 Å². The number of aromatic nitrogens is 2. The zero-order valence-electron chi connectivity index (χ0n) is 12.6. The van der Waals surface area contributed by atoms with E-state index in [1.165, 1.54) is 29.5 Å². The van der Waals surface area contributed by atoms with Crippen LogP contribution in [0.3, 0.4) is 0 Å². The third kappa shape index (κ3) is 3.21. The molecule has 5 nitrogen and oxygen atoms in total. The number of nitrogens with zero attached hydrogens (tertiary/aromatic N) is 2. The minimum Gasteiger partial charge on any atom is -0.404 e. The van der Waals surface area contributed by atoms with Gasteiger partial charge in [0, 0.05) is 12.4 Å². The van der Waals surface area contributed by atoms with Crippen LogP contribution in [0.4, 0.5) is 18.9 Å². The van der Waals surface area contributed by atoms with Crippen molar-refractivity contribution in [2.45, 2.75) is 13.3 Å². The average Bonchev–Trinajstić information content (AvgIpc) is 3.02. The number of aryl methyl sites for hydroxylation is 2. The number of thiophene rings is 1. The normalized spacial score (nSPS) is 11.7. The van der Waals surface area contributed by atoms with Crippen LogP contribution in [-0.4, -0.2) is 22.1 Å². The Bertz CT molecular complexity index is 880. The van der Waals surface area contributed by atoms with Crippen LogP contribution in [0.1, 0.15) is 15.4 Å². The third-order valence-electron chi connectivity index (χ3n) is 3.28. The smallest absolute Gasteiger partial charge is 0.404 e. The van der Waals surface area contributed by atoms with Crippen molar-refractivity contribution in [1.82, 2.24) is 9.78 Å². The molecule has 1 aromatic carbocycles.